The van der Waals surface area contributed by atoms with Crippen LogP contribution in [0.1, 0.15) is 16.6 Å². The summed E-state index contributed by atoms with van der Waals surface area (Å²) < 4.78 is 29.8. The Morgan fingerprint density at radius 2 is 1.30 bits per heavy atom. The van der Waals surface area contributed by atoms with E-state index in [-0.39, 0.29) is 35.3 Å². The van der Waals surface area contributed by atoms with Gasteiger partial charge in [0.15, 0.2) is 0 Å². The standard InChI is InChI=1S/C10H6/c1-3-9-5-7-10(4-2)8-6-9/h1-2,5-8H/i5D,6D,7D,8D. The summed E-state index contributed by atoms with van der Waals surface area (Å²) >= 11 is 0. The highest BCUT2D eigenvalue weighted by molar-refractivity contribution is 5.39. The molecule has 0 aliphatic heterocycles. The number of hydrogen-bond acceptors (Lipinski definition) is 0. The Hall–Kier alpha value is -1.66. The lowest BCUT2D eigenvalue weighted by Crippen LogP contribution is -1.74. The maximum Gasteiger partial charge on any atom is 0.0636 e. The molecule has 0 unspecified atom stereocenters. The van der Waals surface area contributed by atoms with E-state index in [0.29, 0.717) is 0 Å². The molecule has 0 heteroatoms. The van der Waals surface area contributed by atoms with Crippen LogP contribution in [0, 0.1) is 24.7 Å². The smallest absolute Gasteiger partial charge is 0.0636 e. The first-order valence-electron chi connectivity index (χ1n) is 4.58. The van der Waals surface area contributed by atoms with Gasteiger partial charge >= 0.3 is 0 Å². The molecule has 0 aliphatic carbocycles. The van der Waals surface area contributed by atoms with Crippen molar-refractivity contribution in [3.05, 3.63) is 35.3 Å². The van der Waals surface area contributed by atoms with Gasteiger partial charge in [-0.15, -0.1) is 12.8 Å². The SMILES string of the molecule is [2H]c1c([2H])c(C#C)c([2H])c([2H])c1C#C. The van der Waals surface area contributed by atoms with Gasteiger partial charge in [-0.25, -0.2) is 0 Å². The zero-order valence-electron chi connectivity index (χ0n) is 9.15. The second-order valence-corrected chi connectivity index (χ2v) is 1.54. The number of terminal acetylenes is 2. The van der Waals surface area contributed by atoms with Gasteiger partial charge in [0, 0.05) is 11.1 Å². The summed E-state index contributed by atoms with van der Waals surface area (Å²) in [5, 5.41) is 0. The molecule has 0 fully saturated rings. The lowest BCUT2D eigenvalue weighted by atomic mass is 10.1. The van der Waals surface area contributed by atoms with Crippen molar-refractivity contribution in [1.82, 2.24) is 0 Å². The summed E-state index contributed by atoms with van der Waals surface area (Å²) in [6, 6.07) is -1.05. The van der Waals surface area contributed by atoms with Crippen LogP contribution in [0.5, 0.6) is 0 Å². The van der Waals surface area contributed by atoms with Gasteiger partial charge < -0.3 is 0 Å². The van der Waals surface area contributed by atoms with E-state index in [4.69, 9.17) is 18.3 Å². The van der Waals surface area contributed by atoms with E-state index < -0.39 is 0 Å². The molecule has 0 bridgehead atoms. The van der Waals surface area contributed by atoms with Crippen molar-refractivity contribution in [3.63, 3.8) is 0 Å². The summed E-state index contributed by atoms with van der Waals surface area (Å²) in [4.78, 5) is 0. The highest BCUT2D eigenvalue weighted by Crippen LogP contribution is 2.00. The number of rotatable bonds is 0. The second-order valence-electron chi connectivity index (χ2n) is 1.54. The minimum Gasteiger partial charge on any atom is -0.115 e. The summed E-state index contributed by atoms with van der Waals surface area (Å²) in [5.74, 6) is 4.23. The Balaban J connectivity index is 3.77. The van der Waals surface area contributed by atoms with Crippen LogP contribution in [-0.2, 0) is 0 Å². The van der Waals surface area contributed by atoms with Crippen molar-refractivity contribution in [2.45, 2.75) is 0 Å². The van der Waals surface area contributed by atoms with E-state index in [1.165, 1.54) is 0 Å². The van der Waals surface area contributed by atoms with Crippen molar-refractivity contribution in [2.75, 3.05) is 0 Å². The molecule has 0 heterocycles. The highest BCUT2D eigenvalue weighted by Gasteiger charge is 1.85. The molecule has 0 aromatic heterocycles. The van der Waals surface area contributed by atoms with Crippen LogP contribution in [0.2, 0.25) is 0 Å². The summed E-state index contributed by atoms with van der Waals surface area (Å²) in [7, 11) is 0. The molecule has 0 spiro atoms. The largest absolute Gasteiger partial charge is 0.115 e. The Labute approximate surface area is 66.5 Å². The monoisotopic (exact) mass is 130 g/mol. The number of hydrogen-bond donors (Lipinski definition) is 0. The first kappa shape index (κ1) is 2.95. The maximum atomic E-state index is 7.45. The molecule has 0 atom stereocenters. The van der Waals surface area contributed by atoms with E-state index in [0.717, 1.165) is 0 Å². The molecule has 0 amide bonds. The van der Waals surface area contributed by atoms with Crippen LogP contribution in [0.3, 0.4) is 0 Å². The van der Waals surface area contributed by atoms with Crippen LogP contribution >= 0.6 is 0 Å². The molecule has 0 saturated carbocycles. The molecule has 0 aliphatic rings. The van der Waals surface area contributed by atoms with E-state index in [2.05, 4.69) is 11.8 Å². The van der Waals surface area contributed by atoms with Crippen LogP contribution in [0.15, 0.2) is 24.2 Å². The zero-order valence-corrected chi connectivity index (χ0v) is 5.15. The Bertz CT molecular complexity index is 400. The molecule has 0 saturated heterocycles. The molecule has 1 aromatic rings. The van der Waals surface area contributed by atoms with Gasteiger partial charge in [0.05, 0.1) is 5.48 Å². The zero-order chi connectivity index (χ0) is 10.9. The van der Waals surface area contributed by atoms with Crippen LogP contribution in [0.4, 0.5) is 0 Å². The normalized spacial score (nSPS) is 13.4. The second kappa shape index (κ2) is 2.76. The summed E-state index contributed by atoms with van der Waals surface area (Å²) in [5.41, 5.74) is -0.113. The maximum absolute atomic E-state index is 7.45. The summed E-state index contributed by atoms with van der Waals surface area (Å²) in [6.07, 6.45) is 10.1. The minimum absolute atomic E-state index is 0.0565. The van der Waals surface area contributed by atoms with E-state index in [1.807, 2.05) is 0 Å². The minimum atomic E-state index is -0.263. The molecule has 10 heavy (non-hydrogen) atoms. The van der Waals surface area contributed by atoms with Crippen LogP contribution in [0.25, 0.3) is 0 Å². The Morgan fingerprint density at radius 1 is 1.00 bits per heavy atom. The van der Waals surface area contributed by atoms with Gasteiger partial charge in [0.25, 0.3) is 0 Å². The predicted octanol–water partition coefficient (Wildman–Crippen LogP) is 1.65. The van der Waals surface area contributed by atoms with Gasteiger partial charge in [-0.1, -0.05) is 11.8 Å². The van der Waals surface area contributed by atoms with E-state index in [9.17, 15) is 0 Å². The fourth-order valence-corrected chi connectivity index (χ4v) is 0.457. The molecule has 1 rings (SSSR count). The quantitative estimate of drug-likeness (QED) is 0.468. The molecular formula is C10H6. The van der Waals surface area contributed by atoms with Crippen molar-refractivity contribution in [1.29, 1.82) is 0 Å². The Kier molecular flexibility index (Phi) is 0.814. The molecule has 0 nitrogen and oxygen atoms in total. The van der Waals surface area contributed by atoms with Crippen LogP contribution < -0.4 is 0 Å². The third-order valence-electron chi connectivity index (χ3n) is 0.914. The van der Waals surface area contributed by atoms with Crippen LogP contribution in [-0.4, -0.2) is 0 Å². The number of benzene rings is 1. The first-order valence-corrected chi connectivity index (χ1v) is 2.58. The van der Waals surface area contributed by atoms with Crippen molar-refractivity contribution in [2.24, 2.45) is 0 Å². The highest BCUT2D eigenvalue weighted by atomic mass is 13.9. The Morgan fingerprint density at radius 3 is 1.50 bits per heavy atom. The fourth-order valence-electron chi connectivity index (χ4n) is 0.457. The third-order valence-corrected chi connectivity index (χ3v) is 0.914. The molecule has 1 aromatic carbocycles. The van der Waals surface area contributed by atoms with Gasteiger partial charge in [-0.2, -0.15) is 0 Å². The molecule has 0 radical (unpaired) electrons. The van der Waals surface area contributed by atoms with Crippen molar-refractivity contribution in [3.8, 4) is 24.7 Å². The molecule has 46 valence electrons. The lowest BCUT2D eigenvalue weighted by Gasteiger charge is -1.89. The van der Waals surface area contributed by atoms with Crippen molar-refractivity contribution < 1.29 is 5.48 Å². The van der Waals surface area contributed by atoms with E-state index in [1.54, 1.807) is 0 Å². The fraction of sp³-hybridized carbons (Fsp3) is 0. The van der Waals surface area contributed by atoms with Crippen molar-refractivity contribution >= 4 is 0 Å². The first-order chi connectivity index (χ1) is 6.54. The van der Waals surface area contributed by atoms with Gasteiger partial charge in [-0.05, 0) is 24.2 Å². The van der Waals surface area contributed by atoms with Gasteiger partial charge in [-0.3, -0.25) is 0 Å². The lowest BCUT2D eigenvalue weighted by molar-refractivity contribution is 1.61. The topological polar surface area (TPSA) is 0 Å². The van der Waals surface area contributed by atoms with E-state index >= 15 is 0 Å². The summed E-state index contributed by atoms with van der Waals surface area (Å²) in [6.45, 7) is 0. The average Bonchev–Trinajstić information content (AvgIpc) is 2.17. The molecular weight excluding hydrogens is 120 g/mol. The predicted molar refractivity (Wildman–Crippen MR) is 42.3 cm³/mol. The van der Waals surface area contributed by atoms with Gasteiger partial charge in [0.1, 0.15) is 0 Å². The third kappa shape index (κ3) is 1.19. The average molecular weight is 130 g/mol. The van der Waals surface area contributed by atoms with Gasteiger partial charge in [0.2, 0.25) is 0 Å². The molecule has 0 N–H and O–H groups in total.